The zero-order valence-corrected chi connectivity index (χ0v) is 13.5. The number of carbonyl (C=O) groups excluding carboxylic acids is 1. The molecule has 0 bridgehead atoms. The standard InChI is InChI=1S/C18H21N3O3/c22-18(20-8-11-24-16-4-2-1-3-5-16)15-6-7-19-17(14-15)21-9-12-23-13-10-21/h1-7,14H,8-13H2,(H,20,22). The number of rotatable bonds is 6. The number of amides is 1. The third-order valence-electron chi connectivity index (χ3n) is 3.74. The van der Waals surface area contributed by atoms with Crippen LogP contribution in [0.5, 0.6) is 5.75 Å². The van der Waals surface area contributed by atoms with Crippen LogP contribution in [-0.2, 0) is 4.74 Å². The van der Waals surface area contributed by atoms with Crippen molar-refractivity contribution in [1.82, 2.24) is 10.3 Å². The second kappa shape index (κ2) is 8.31. The number of morpholine rings is 1. The molecule has 2 heterocycles. The summed E-state index contributed by atoms with van der Waals surface area (Å²) in [6.45, 7) is 3.84. The van der Waals surface area contributed by atoms with E-state index < -0.39 is 0 Å². The topological polar surface area (TPSA) is 63.7 Å². The maximum Gasteiger partial charge on any atom is 0.251 e. The molecule has 0 saturated carbocycles. The second-order valence-corrected chi connectivity index (χ2v) is 5.42. The molecule has 0 radical (unpaired) electrons. The Bertz CT molecular complexity index is 658. The van der Waals surface area contributed by atoms with Crippen LogP contribution in [0.1, 0.15) is 10.4 Å². The number of benzene rings is 1. The molecule has 0 unspecified atom stereocenters. The van der Waals surface area contributed by atoms with Gasteiger partial charge in [-0.25, -0.2) is 4.98 Å². The van der Waals surface area contributed by atoms with Crippen LogP contribution in [0.2, 0.25) is 0 Å². The predicted octanol–water partition coefficient (Wildman–Crippen LogP) is 1.73. The van der Waals surface area contributed by atoms with E-state index in [0.29, 0.717) is 31.9 Å². The number of nitrogens with zero attached hydrogens (tertiary/aromatic N) is 2. The van der Waals surface area contributed by atoms with Crippen molar-refractivity contribution in [1.29, 1.82) is 0 Å². The Morgan fingerprint density at radius 3 is 2.79 bits per heavy atom. The number of hydrogen-bond acceptors (Lipinski definition) is 5. The van der Waals surface area contributed by atoms with E-state index in [1.807, 2.05) is 36.4 Å². The second-order valence-electron chi connectivity index (χ2n) is 5.42. The van der Waals surface area contributed by atoms with Crippen molar-refractivity contribution in [2.24, 2.45) is 0 Å². The fraction of sp³-hybridized carbons (Fsp3) is 0.333. The molecule has 1 aliphatic heterocycles. The van der Waals surface area contributed by atoms with Crippen molar-refractivity contribution in [3.8, 4) is 5.75 Å². The maximum absolute atomic E-state index is 12.3. The number of carbonyl (C=O) groups is 1. The number of ether oxygens (including phenoxy) is 2. The Morgan fingerprint density at radius 2 is 2.00 bits per heavy atom. The molecule has 1 aromatic carbocycles. The first kappa shape index (κ1) is 16.3. The highest BCUT2D eigenvalue weighted by Crippen LogP contribution is 2.14. The molecule has 0 atom stereocenters. The van der Waals surface area contributed by atoms with E-state index >= 15 is 0 Å². The molecule has 6 heteroatoms. The Morgan fingerprint density at radius 1 is 1.21 bits per heavy atom. The van der Waals surface area contributed by atoms with Crippen LogP contribution in [0.15, 0.2) is 48.7 Å². The number of aromatic nitrogens is 1. The van der Waals surface area contributed by atoms with E-state index in [1.54, 1.807) is 12.3 Å². The van der Waals surface area contributed by atoms with Crippen molar-refractivity contribution >= 4 is 11.7 Å². The third-order valence-corrected chi connectivity index (χ3v) is 3.74. The Labute approximate surface area is 141 Å². The first-order valence-electron chi connectivity index (χ1n) is 8.08. The van der Waals surface area contributed by atoms with Crippen LogP contribution in [-0.4, -0.2) is 50.3 Å². The third kappa shape index (κ3) is 4.45. The lowest BCUT2D eigenvalue weighted by Crippen LogP contribution is -2.37. The molecule has 1 fully saturated rings. The number of para-hydroxylation sites is 1. The lowest BCUT2D eigenvalue weighted by atomic mass is 10.2. The number of nitrogens with one attached hydrogen (secondary N) is 1. The van der Waals surface area contributed by atoms with E-state index in [2.05, 4.69) is 15.2 Å². The summed E-state index contributed by atoms with van der Waals surface area (Å²) in [5.74, 6) is 1.49. The summed E-state index contributed by atoms with van der Waals surface area (Å²) in [5.41, 5.74) is 0.603. The van der Waals surface area contributed by atoms with Crippen molar-refractivity contribution in [2.75, 3.05) is 44.4 Å². The van der Waals surface area contributed by atoms with Crippen molar-refractivity contribution in [3.05, 3.63) is 54.2 Å². The summed E-state index contributed by atoms with van der Waals surface area (Å²) in [6.07, 6.45) is 1.67. The molecule has 3 rings (SSSR count). The van der Waals surface area contributed by atoms with Gasteiger partial charge in [0.25, 0.3) is 5.91 Å². The van der Waals surface area contributed by atoms with Crippen LogP contribution in [0, 0.1) is 0 Å². The maximum atomic E-state index is 12.3. The van der Waals surface area contributed by atoms with E-state index in [0.717, 1.165) is 24.7 Å². The normalized spacial score (nSPS) is 14.2. The highest BCUT2D eigenvalue weighted by molar-refractivity contribution is 5.94. The van der Waals surface area contributed by atoms with Gasteiger partial charge in [-0.05, 0) is 24.3 Å². The number of anilines is 1. The first-order chi connectivity index (χ1) is 11.8. The van der Waals surface area contributed by atoms with Gasteiger partial charge < -0.3 is 19.7 Å². The monoisotopic (exact) mass is 327 g/mol. The van der Waals surface area contributed by atoms with Crippen LogP contribution in [0.4, 0.5) is 5.82 Å². The molecule has 6 nitrogen and oxygen atoms in total. The molecule has 1 saturated heterocycles. The van der Waals surface area contributed by atoms with Gasteiger partial charge in [0.2, 0.25) is 0 Å². The van der Waals surface area contributed by atoms with Gasteiger partial charge in [0.05, 0.1) is 19.8 Å². The van der Waals surface area contributed by atoms with Crippen LogP contribution in [0.3, 0.4) is 0 Å². The zero-order chi connectivity index (χ0) is 16.6. The minimum atomic E-state index is -0.122. The smallest absolute Gasteiger partial charge is 0.251 e. The first-order valence-corrected chi connectivity index (χ1v) is 8.08. The summed E-state index contributed by atoms with van der Waals surface area (Å²) < 4.78 is 10.9. The fourth-order valence-electron chi connectivity index (χ4n) is 2.48. The molecule has 126 valence electrons. The van der Waals surface area contributed by atoms with E-state index in [1.165, 1.54) is 0 Å². The Hall–Kier alpha value is -2.60. The van der Waals surface area contributed by atoms with Crippen LogP contribution >= 0.6 is 0 Å². The van der Waals surface area contributed by atoms with Gasteiger partial charge in [-0.2, -0.15) is 0 Å². The van der Waals surface area contributed by atoms with Gasteiger partial charge in [0.15, 0.2) is 0 Å². The molecule has 24 heavy (non-hydrogen) atoms. The average Bonchev–Trinajstić information content (AvgIpc) is 2.67. The van der Waals surface area contributed by atoms with Gasteiger partial charge in [0.1, 0.15) is 18.2 Å². The Kier molecular flexibility index (Phi) is 5.63. The minimum absolute atomic E-state index is 0.122. The van der Waals surface area contributed by atoms with Crippen molar-refractivity contribution in [2.45, 2.75) is 0 Å². The summed E-state index contributed by atoms with van der Waals surface area (Å²) in [7, 11) is 0. The lowest BCUT2D eigenvalue weighted by Gasteiger charge is -2.27. The quantitative estimate of drug-likeness (QED) is 0.819. The molecular weight excluding hydrogens is 306 g/mol. The Balaban J connectivity index is 1.49. The van der Waals surface area contributed by atoms with Gasteiger partial charge in [-0.15, -0.1) is 0 Å². The van der Waals surface area contributed by atoms with Crippen molar-refractivity contribution < 1.29 is 14.3 Å². The van der Waals surface area contributed by atoms with Gasteiger partial charge >= 0.3 is 0 Å². The highest BCUT2D eigenvalue weighted by atomic mass is 16.5. The molecule has 2 aromatic rings. The zero-order valence-electron chi connectivity index (χ0n) is 13.5. The number of hydrogen-bond donors (Lipinski definition) is 1. The average molecular weight is 327 g/mol. The van der Waals surface area contributed by atoms with Gasteiger partial charge in [-0.1, -0.05) is 18.2 Å². The molecule has 0 spiro atoms. The van der Waals surface area contributed by atoms with E-state index in [4.69, 9.17) is 9.47 Å². The lowest BCUT2D eigenvalue weighted by molar-refractivity contribution is 0.0947. The van der Waals surface area contributed by atoms with Crippen LogP contribution < -0.4 is 15.0 Å². The molecular formula is C18H21N3O3. The summed E-state index contributed by atoms with van der Waals surface area (Å²) in [5, 5.41) is 2.86. The molecule has 0 aliphatic carbocycles. The SMILES string of the molecule is O=C(NCCOc1ccccc1)c1ccnc(N2CCOCC2)c1. The van der Waals surface area contributed by atoms with Gasteiger partial charge in [-0.3, -0.25) is 4.79 Å². The minimum Gasteiger partial charge on any atom is -0.492 e. The molecule has 1 N–H and O–H groups in total. The van der Waals surface area contributed by atoms with Gasteiger partial charge in [0, 0.05) is 24.8 Å². The van der Waals surface area contributed by atoms with E-state index in [-0.39, 0.29) is 5.91 Å². The fourth-order valence-corrected chi connectivity index (χ4v) is 2.48. The predicted molar refractivity (Wildman–Crippen MR) is 91.5 cm³/mol. The molecule has 1 aliphatic rings. The number of pyridine rings is 1. The summed E-state index contributed by atoms with van der Waals surface area (Å²) >= 11 is 0. The van der Waals surface area contributed by atoms with Crippen molar-refractivity contribution in [3.63, 3.8) is 0 Å². The molecule has 1 amide bonds. The van der Waals surface area contributed by atoms with Crippen LogP contribution in [0.25, 0.3) is 0 Å². The highest BCUT2D eigenvalue weighted by Gasteiger charge is 2.14. The molecule has 1 aromatic heterocycles. The summed E-state index contributed by atoms with van der Waals surface area (Å²) in [6, 6.07) is 13.1. The summed E-state index contributed by atoms with van der Waals surface area (Å²) in [4.78, 5) is 18.7. The van der Waals surface area contributed by atoms with E-state index in [9.17, 15) is 4.79 Å². The largest absolute Gasteiger partial charge is 0.492 e.